The lowest BCUT2D eigenvalue weighted by Gasteiger charge is -2.35. The molecule has 1 heterocycles. The van der Waals surface area contributed by atoms with Crippen molar-refractivity contribution in [2.75, 3.05) is 31.1 Å². The average molecular weight is 391 g/mol. The Labute approximate surface area is 159 Å². The van der Waals surface area contributed by atoms with Crippen LogP contribution >= 0.6 is 11.6 Å². The number of rotatable bonds is 4. The van der Waals surface area contributed by atoms with Gasteiger partial charge >= 0.3 is 0 Å². The van der Waals surface area contributed by atoms with Crippen molar-refractivity contribution in [2.24, 2.45) is 0 Å². The first-order valence-corrected chi connectivity index (χ1v) is 8.47. The van der Waals surface area contributed by atoms with E-state index in [9.17, 15) is 25.0 Å². The summed E-state index contributed by atoms with van der Waals surface area (Å²) in [4.78, 5) is 36.8. The quantitative estimate of drug-likeness (QED) is 0.586. The summed E-state index contributed by atoms with van der Waals surface area (Å²) in [6.45, 7) is 1.51. The molecule has 0 bridgehead atoms. The molecule has 2 aromatic carbocycles. The second kappa shape index (κ2) is 7.58. The molecule has 0 spiro atoms. The Balaban J connectivity index is 1.75. The van der Waals surface area contributed by atoms with Gasteiger partial charge < -0.3 is 9.80 Å². The second-order valence-corrected chi connectivity index (χ2v) is 6.41. The van der Waals surface area contributed by atoms with E-state index in [1.54, 1.807) is 34.1 Å². The van der Waals surface area contributed by atoms with Gasteiger partial charge in [-0.05, 0) is 24.3 Å². The molecule has 0 saturated carbocycles. The fourth-order valence-corrected chi connectivity index (χ4v) is 3.18. The van der Waals surface area contributed by atoms with Crippen LogP contribution in [0.1, 0.15) is 10.4 Å². The van der Waals surface area contributed by atoms with E-state index in [1.165, 1.54) is 12.1 Å². The Morgan fingerprint density at radius 2 is 1.67 bits per heavy atom. The zero-order valence-electron chi connectivity index (χ0n) is 14.1. The van der Waals surface area contributed by atoms with E-state index in [0.29, 0.717) is 42.5 Å². The van der Waals surface area contributed by atoms with Crippen LogP contribution < -0.4 is 4.90 Å². The third-order valence-corrected chi connectivity index (χ3v) is 4.58. The molecule has 0 N–H and O–H groups in total. The standard InChI is InChI=1S/C17H15ClN4O5/c18-13-3-1-2-12(10-13)17(23)20-8-6-19(7-9-20)15-5-4-14(21(24)25)11-16(15)22(26)27/h1-5,10-11H,6-9H2. The van der Waals surface area contributed by atoms with E-state index in [1.807, 2.05) is 0 Å². The lowest BCUT2D eigenvalue weighted by molar-refractivity contribution is -0.393. The molecule has 1 amide bonds. The van der Waals surface area contributed by atoms with Gasteiger partial charge in [0.25, 0.3) is 17.3 Å². The summed E-state index contributed by atoms with van der Waals surface area (Å²) in [5.74, 6) is -0.157. The van der Waals surface area contributed by atoms with E-state index in [0.717, 1.165) is 6.07 Å². The molecule has 0 aliphatic carbocycles. The maximum absolute atomic E-state index is 12.6. The molecule has 0 atom stereocenters. The molecular formula is C17H15ClN4O5. The van der Waals surface area contributed by atoms with E-state index in [4.69, 9.17) is 11.6 Å². The first-order valence-electron chi connectivity index (χ1n) is 8.09. The van der Waals surface area contributed by atoms with Crippen LogP contribution in [0.15, 0.2) is 42.5 Å². The van der Waals surface area contributed by atoms with Gasteiger partial charge in [-0.2, -0.15) is 0 Å². The van der Waals surface area contributed by atoms with Crippen LogP contribution in [0.4, 0.5) is 17.1 Å². The number of nitrogens with zero attached hydrogens (tertiary/aromatic N) is 4. The fraction of sp³-hybridized carbons (Fsp3) is 0.235. The fourth-order valence-electron chi connectivity index (χ4n) is 2.99. The van der Waals surface area contributed by atoms with Gasteiger partial charge in [0.2, 0.25) is 0 Å². The summed E-state index contributed by atoms with van der Waals surface area (Å²) in [6, 6.07) is 10.2. The SMILES string of the molecule is O=C(c1cccc(Cl)c1)N1CCN(c2ccc([N+](=O)[O-])cc2[N+](=O)[O-])CC1. The van der Waals surface area contributed by atoms with Gasteiger partial charge in [-0.25, -0.2) is 0 Å². The zero-order valence-corrected chi connectivity index (χ0v) is 14.8. The summed E-state index contributed by atoms with van der Waals surface area (Å²) >= 11 is 5.92. The number of hydrogen-bond donors (Lipinski definition) is 0. The minimum atomic E-state index is -0.668. The number of nitro groups is 2. The number of carbonyl (C=O) groups excluding carboxylic acids is 1. The number of amides is 1. The van der Waals surface area contributed by atoms with Crippen LogP contribution in [-0.4, -0.2) is 46.8 Å². The summed E-state index contributed by atoms with van der Waals surface area (Å²) in [5.41, 5.74) is 0.136. The molecule has 1 saturated heterocycles. The van der Waals surface area contributed by atoms with E-state index in [2.05, 4.69) is 0 Å². The molecule has 1 fully saturated rings. The number of hydrogen-bond acceptors (Lipinski definition) is 6. The number of carbonyl (C=O) groups is 1. The first-order chi connectivity index (χ1) is 12.9. The second-order valence-electron chi connectivity index (χ2n) is 5.98. The largest absolute Gasteiger partial charge is 0.362 e. The molecule has 0 unspecified atom stereocenters. The molecule has 3 rings (SSSR count). The van der Waals surface area contributed by atoms with Crippen molar-refractivity contribution >= 4 is 34.6 Å². The highest BCUT2D eigenvalue weighted by Crippen LogP contribution is 2.32. The van der Waals surface area contributed by atoms with E-state index < -0.39 is 9.85 Å². The Hall–Kier alpha value is -3.20. The Morgan fingerprint density at radius 3 is 2.26 bits per heavy atom. The maximum atomic E-state index is 12.6. The molecule has 9 nitrogen and oxygen atoms in total. The Kier molecular flexibility index (Phi) is 5.22. The molecule has 10 heteroatoms. The van der Waals surface area contributed by atoms with Crippen LogP contribution in [0, 0.1) is 20.2 Å². The first kappa shape index (κ1) is 18.6. The summed E-state index contributed by atoms with van der Waals surface area (Å²) in [6.07, 6.45) is 0. The predicted molar refractivity (Wildman–Crippen MR) is 99.3 cm³/mol. The molecule has 1 aliphatic rings. The maximum Gasteiger partial charge on any atom is 0.299 e. The van der Waals surface area contributed by atoms with Crippen molar-refractivity contribution in [1.82, 2.24) is 4.90 Å². The van der Waals surface area contributed by atoms with Crippen molar-refractivity contribution in [2.45, 2.75) is 0 Å². The molecular weight excluding hydrogens is 376 g/mol. The van der Waals surface area contributed by atoms with Crippen molar-refractivity contribution in [3.05, 3.63) is 73.3 Å². The Morgan fingerprint density at radius 1 is 0.963 bits per heavy atom. The lowest BCUT2D eigenvalue weighted by Crippen LogP contribution is -2.49. The van der Waals surface area contributed by atoms with Crippen LogP contribution in [0.25, 0.3) is 0 Å². The van der Waals surface area contributed by atoms with Gasteiger partial charge in [0.05, 0.1) is 15.9 Å². The highest BCUT2D eigenvalue weighted by Gasteiger charge is 2.28. The van der Waals surface area contributed by atoms with E-state index >= 15 is 0 Å². The van der Waals surface area contributed by atoms with Crippen LogP contribution in [0.3, 0.4) is 0 Å². The normalized spacial score (nSPS) is 14.1. The van der Waals surface area contributed by atoms with Crippen molar-refractivity contribution < 1.29 is 14.6 Å². The molecule has 27 heavy (non-hydrogen) atoms. The molecule has 140 valence electrons. The minimum Gasteiger partial charge on any atom is -0.362 e. The van der Waals surface area contributed by atoms with Gasteiger partial charge in [-0.15, -0.1) is 0 Å². The summed E-state index contributed by atoms with van der Waals surface area (Å²) < 4.78 is 0. The van der Waals surface area contributed by atoms with Crippen molar-refractivity contribution in [3.8, 4) is 0 Å². The van der Waals surface area contributed by atoms with Crippen LogP contribution in [-0.2, 0) is 0 Å². The van der Waals surface area contributed by atoms with Gasteiger partial charge in [-0.1, -0.05) is 17.7 Å². The van der Waals surface area contributed by atoms with Crippen molar-refractivity contribution in [3.63, 3.8) is 0 Å². The van der Waals surface area contributed by atoms with Gasteiger partial charge in [0.15, 0.2) is 0 Å². The number of piperazine rings is 1. The average Bonchev–Trinajstić information content (AvgIpc) is 2.67. The van der Waals surface area contributed by atoms with E-state index in [-0.39, 0.29) is 17.3 Å². The number of nitro benzene ring substituents is 2. The molecule has 0 aromatic heterocycles. The molecule has 1 aliphatic heterocycles. The third kappa shape index (κ3) is 3.98. The number of halogens is 1. The topological polar surface area (TPSA) is 110 Å². The van der Waals surface area contributed by atoms with Gasteiger partial charge in [-0.3, -0.25) is 25.0 Å². The predicted octanol–water partition coefficient (Wildman–Crippen LogP) is 3.12. The molecule has 0 radical (unpaired) electrons. The smallest absolute Gasteiger partial charge is 0.299 e. The Bertz CT molecular complexity index is 912. The van der Waals surface area contributed by atoms with Crippen LogP contribution in [0.5, 0.6) is 0 Å². The highest BCUT2D eigenvalue weighted by molar-refractivity contribution is 6.30. The number of benzene rings is 2. The third-order valence-electron chi connectivity index (χ3n) is 4.35. The minimum absolute atomic E-state index is 0.157. The van der Waals surface area contributed by atoms with Gasteiger partial charge in [0.1, 0.15) is 5.69 Å². The van der Waals surface area contributed by atoms with Crippen LogP contribution in [0.2, 0.25) is 5.02 Å². The monoisotopic (exact) mass is 390 g/mol. The number of anilines is 1. The van der Waals surface area contributed by atoms with Crippen molar-refractivity contribution in [1.29, 1.82) is 0 Å². The zero-order chi connectivity index (χ0) is 19.6. The summed E-state index contributed by atoms with van der Waals surface area (Å²) in [7, 11) is 0. The number of non-ortho nitro benzene ring substituents is 1. The molecule has 2 aromatic rings. The highest BCUT2D eigenvalue weighted by atomic mass is 35.5. The summed E-state index contributed by atoms with van der Waals surface area (Å²) in [5, 5.41) is 22.6. The van der Waals surface area contributed by atoms with Gasteiger partial charge in [0, 0.05) is 42.8 Å². The lowest BCUT2D eigenvalue weighted by atomic mass is 10.1.